The zero-order valence-electron chi connectivity index (χ0n) is 15.5. The number of piperazine rings is 1. The van der Waals surface area contributed by atoms with E-state index in [2.05, 4.69) is 22.2 Å². The van der Waals surface area contributed by atoms with Gasteiger partial charge < -0.3 is 15.1 Å². The summed E-state index contributed by atoms with van der Waals surface area (Å²) in [7, 11) is -0.135. The first kappa shape index (κ1) is 19.8. The number of hydrogen-bond acceptors (Lipinski definition) is 6. The molecule has 1 fully saturated rings. The van der Waals surface area contributed by atoms with Gasteiger partial charge in [-0.25, -0.2) is 8.42 Å². The van der Waals surface area contributed by atoms with Gasteiger partial charge in [-0.2, -0.15) is 4.31 Å². The maximum absolute atomic E-state index is 12.5. The van der Waals surface area contributed by atoms with Gasteiger partial charge in [0.05, 0.1) is 17.9 Å². The molecule has 2 heterocycles. The van der Waals surface area contributed by atoms with Crippen LogP contribution in [-0.4, -0.2) is 70.3 Å². The van der Waals surface area contributed by atoms with Crippen LogP contribution in [0.2, 0.25) is 0 Å². The van der Waals surface area contributed by atoms with Crippen LogP contribution in [0.1, 0.15) is 0 Å². The lowest BCUT2D eigenvalue weighted by Crippen LogP contribution is -2.44. The summed E-state index contributed by atoms with van der Waals surface area (Å²) in [5.74, 6) is -0.362. The fourth-order valence-corrected chi connectivity index (χ4v) is 5.27. The van der Waals surface area contributed by atoms with E-state index in [-0.39, 0.29) is 16.7 Å². The van der Waals surface area contributed by atoms with Crippen LogP contribution in [0.4, 0.5) is 11.4 Å². The molecule has 27 heavy (non-hydrogen) atoms. The van der Waals surface area contributed by atoms with E-state index in [9.17, 15) is 13.2 Å². The molecule has 146 valence electrons. The lowest BCUT2D eigenvalue weighted by molar-refractivity contribution is -0.116. The summed E-state index contributed by atoms with van der Waals surface area (Å²) in [4.78, 5) is 17.0. The molecule has 2 aromatic rings. The molecule has 1 saturated heterocycles. The highest BCUT2D eigenvalue weighted by atomic mass is 32.2. The average Bonchev–Trinajstić information content (AvgIpc) is 3.18. The van der Waals surface area contributed by atoms with Crippen molar-refractivity contribution >= 4 is 38.6 Å². The van der Waals surface area contributed by atoms with Crippen LogP contribution in [0, 0.1) is 0 Å². The van der Waals surface area contributed by atoms with Crippen molar-refractivity contribution in [3.8, 4) is 0 Å². The zero-order valence-corrected chi connectivity index (χ0v) is 17.1. The predicted molar refractivity (Wildman–Crippen MR) is 109 cm³/mol. The number of nitrogens with one attached hydrogen (secondary N) is 1. The first-order valence-corrected chi connectivity index (χ1v) is 11.0. The number of likely N-dealkylation sites (N-methyl/N-ethyl adjacent to an activating group) is 2. The van der Waals surface area contributed by atoms with Gasteiger partial charge in [0, 0.05) is 33.2 Å². The molecule has 0 aliphatic carbocycles. The Labute approximate surface area is 164 Å². The molecule has 0 bridgehead atoms. The van der Waals surface area contributed by atoms with E-state index in [0.29, 0.717) is 5.69 Å². The zero-order chi connectivity index (χ0) is 19.4. The minimum atomic E-state index is -3.64. The smallest absolute Gasteiger partial charge is 0.252 e. The molecule has 3 rings (SSSR count). The summed E-state index contributed by atoms with van der Waals surface area (Å²) >= 11 is 1.14. The number of hydrogen-bond donors (Lipinski definition) is 1. The van der Waals surface area contributed by atoms with Crippen molar-refractivity contribution in [2.24, 2.45) is 0 Å². The van der Waals surface area contributed by atoms with Crippen molar-refractivity contribution < 1.29 is 13.2 Å². The molecule has 9 heteroatoms. The molecule has 7 nitrogen and oxygen atoms in total. The number of thiophene rings is 1. The lowest BCUT2D eigenvalue weighted by atomic mass is 10.2. The number of rotatable bonds is 6. The Hall–Kier alpha value is -1.94. The van der Waals surface area contributed by atoms with Crippen molar-refractivity contribution in [2.75, 3.05) is 57.0 Å². The second kappa shape index (κ2) is 8.39. The van der Waals surface area contributed by atoms with Gasteiger partial charge in [-0.3, -0.25) is 4.79 Å². The molecular weight excluding hydrogens is 384 g/mol. The van der Waals surface area contributed by atoms with E-state index in [1.807, 2.05) is 24.3 Å². The monoisotopic (exact) mass is 408 g/mol. The molecule has 1 aromatic heterocycles. The number of para-hydroxylation sites is 2. The van der Waals surface area contributed by atoms with E-state index in [4.69, 9.17) is 0 Å². The Bertz CT molecular complexity index is 876. The normalized spacial score (nSPS) is 15.9. The Balaban J connectivity index is 1.68. The van der Waals surface area contributed by atoms with Gasteiger partial charge in [0.25, 0.3) is 10.0 Å². The Morgan fingerprint density at radius 3 is 2.52 bits per heavy atom. The minimum absolute atomic E-state index is 0.232. The number of carbonyl (C=O) groups is 1. The standard InChI is InChI=1S/C18H24N4O3S2/c1-20-9-11-22(12-10-20)16-7-4-3-6-15(16)19-17(23)14-21(2)27(24,25)18-8-5-13-26-18/h3-8,13H,9-12,14H2,1-2H3,(H,19,23). The van der Waals surface area contributed by atoms with Crippen LogP contribution in [-0.2, 0) is 14.8 Å². The van der Waals surface area contributed by atoms with Crippen molar-refractivity contribution in [1.29, 1.82) is 0 Å². The largest absolute Gasteiger partial charge is 0.367 e. The molecule has 0 spiro atoms. The number of benzene rings is 1. The first-order chi connectivity index (χ1) is 12.9. The fraction of sp³-hybridized carbons (Fsp3) is 0.389. The summed E-state index contributed by atoms with van der Waals surface area (Å²) in [6.45, 7) is 3.46. The van der Waals surface area contributed by atoms with E-state index >= 15 is 0 Å². The molecule has 0 atom stereocenters. The number of anilines is 2. The van der Waals surface area contributed by atoms with Gasteiger partial charge in [0.15, 0.2) is 0 Å². The van der Waals surface area contributed by atoms with Crippen molar-refractivity contribution in [2.45, 2.75) is 4.21 Å². The van der Waals surface area contributed by atoms with Crippen molar-refractivity contribution in [3.05, 3.63) is 41.8 Å². The second-order valence-electron chi connectivity index (χ2n) is 6.55. The molecule has 1 aliphatic heterocycles. The molecule has 0 saturated carbocycles. The fourth-order valence-electron chi connectivity index (χ4n) is 2.94. The molecule has 0 radical (unpaired) electrons. The Morgan fingerprint density at radius 2 is 1.85 bits per heavy atom. The van der Waals surface area contributed by atoms with E-state index in [0.717, 1.165) is 47.5 Å². The van der Waals surface area contributed by atoms with Gasteiger partial charge in [0.1, 0.15) is 4.21 Å². The van der Waals surface area contributed by atoms with Gasteiger partial charge in [-0.15, -0.1) is 11.3 Å². The van der Waals surface area contributed by atoms with E-state index in [1.54, 1.807) is 11.4 Å². The van der Waals surface area contributed by atoms with Crippen molar-refractivity contribution in [3.63, 3.8) is 0 Å². The summed E-state index contributed by atoms with van der Waals surface area (Å²) < 4.78 is 26.2. The molecule has 0 unspecified atom stereocenters. The van der Waals surface area contributed by atoms with Crippen LogP contribution in [0.5, 0.6) is 0 Å². The maximum Gasteiger partial charge on any atom is 0.252 e. The number of nitrogens with zero attached hydrogens (tertiary/aromatic N) is 3. The van der Waals surface area contributed by atoms with Crippen LogP contribution in [0.3, 0.4) is 0 Å². The third-order valence-corrected chi connectivity index (χ3v) is 7.72. The molecule has 1 aromatic carbocycles. The van der Waals surface area contributed by atoms with Gasteiger partial charge in [0.2, 0.25) is 5.91 Å². The SMILES string of the molecule is CN1CCN(c2ccccc2NC(=O)CN(C)S(=O)(=O)c2cccs2)CC1. The van der Waals surface area contributed by atoms with Crippen LogP contribution in [0.15, 0.2) is 46.0 Å². The molecular formula is C18H24N4O3S2. The summed E-state index contributed by atoms with van der Waals surface area (Å²) in [6, 6.07) is 10.8. The highest BCUT2D eigenvalue weighted by Gasteiger charge is 2.24. The van der Waals surface area contributed by atoms with Gasteiger partial charge in [-0.05, 0) is 30.6 Å². The third kappa shape index (κ3) is 4.67. The lowest BCUT2D eigenvalue weighted by Gasteiger charge is -2.35. The number of amides is 1. The Morgan fingerprint density at radius 1 is 1.15 bits per heavy atom. The number of sulfonamides is 1. The first-order valence-electron chi connectivity index (χ1n) is 8.70. The van der Waals surface area contributed by atoms with E-state index in [1.165, 1.54) is 13.1 Å². The predicted octanol–water partition coefficient (Wildman–Crippen LogP) is 1.76. The summed E-state index contributed by atoms with van der Waals surface area (Å²) in [5.41, 5.74) is 1.66. The minimum Gasteiger partial charge on any atom is -0.367 e. The quantitative estimate of drug-likeness (QED) is 0.789. The van der Waals surface area contributed by atoms with Crippen LogP contribution in [0.25, 0.3) is 0 Å². The van der Waals surface area contributed by atoms with Crippen LogP contribution < -0.4 is 10.2 Å². The van der Waals surface area contributed by atoms with Gasteiger partial charge >= 0.3 is 0 Å². The maximum atomic E-state index is 12.5. The number of carbonyl (C=O) groups excluding carboxylic acids is 1. The third-order valence-electron chi connectivity index (χ3n) is 4.55. The second-order valence-corrected chi connectivity index (χ2v) is 9.77. The highest BCUT2D eigenvalue weighted by molar-refractivity contribution is 7.91. The molecule has 1 N–H and O–H groups in total. The summed E-state index contributed by atoms with van der Waals surface area (Å²) in [6.07, 6.45) is 0. The Kier molecular flexibility index (Phi) is 6.15. The highest BCUT2D eigenvalue weighted by Crippen LogP contribution is 2.26. The molecule has 1 amide bonds. The van der Waals surface area contributed by atoms with Crippen LogP contribution >= 0.6 is 11.3 Å². The average molecular weight is 409 g/mol. The summed E-state index contributed by atoms with van der Waals surface area (Å²) in [5, 5.41) is 4.57. The molecule has 1 aliphatic rings. The van der Waals surface area contributed by atoms with Crippen molar-refractivity contribution in [1.82, 2.24) is 9.21 Å². The van der Waals surface area contributed by atoms with E-state index < -0.39 is 10.0 Å². The topological polar surface area (TPSA) is 73.0 Å². The van der Waals surface area contributed by atoms with Gasteiger partial charge in [-0.1, -0.05) is 18.2 Å².